The van der Waals surface area contributed by atoms with Gasteiger partial charge in [-0.2, -0.15) is 13.2 Å². The molecular formula is C26H24F3NO3. The van der Waals surface area contributed by atoms with Crippen LogP contribution in [0.25, 0.3) is 0 Å². The average molecular weight is 455 g/mol. The number of nitrogens with zero attached hydrogens (tertiary/aromatic N) is 1. The molecule has 172 valence electrons. The van der Waals surface area contributed by atoms with Gasteiger partial charge < -0.3 is 9.94 Å². The van der Waals surface area contributed by atoms with Crippen LogP contribution in [0.2, 0.25) is 0 Å². The summed E-state index contributed by atoms with van der Waals surface area (Å²) in [4.78, 5) is 15.3. The number of rotatable bonds is 10. The van der Waals surface area contributed by atoms with Gasteiger partial charge in [0.15, 0.2) is 0 Å². The lowest BCUT2D eigenvalue weighted by Crippen LogP contribution is -2.16. The summed E-state index contributed by atoms with van der Waals surface area (Å²) in [6.07, 6.45) is -2.37. The quantitative estimate of drug-likeness (QED) is 0.310. The Bertz CT molecular complexity index is 1080. The molecule has 0 aliphatic heterocycles. The van der Waals surface area contributed by atoms with E-state index in [4.69, 9.17) is 5.11 Å². The van der Waals surface area contributed by atoms with Crippen LogP contribution in [-0.4, -0.2) is 29.6 Å². The molecule has 0 saturated heterocycles. The highest BCUT2D eigenvalue weighted by Crippen LogP contribution is 2.18. The van der Waals surface area contributed by atoms with Gasteiger partial charge in [0.1, 0.15) is 5.71 Å². The van der Waals surface area contributed by atoms with Crippen molar-refractivity contribution >= 4 is 11.7 Å². The summed E-state index contributed by atoms with van der Waals surface area (Å²) in [5.74, 6) is -0.818. The molecule has 0 heterocycles. The molecule has 0 spiro atoms. The molecule has 3 aromatic carbocycles. The molecule has 0 unspecified atom stereocenters. The van der Waals surface area contributed by atoms with Gasteiger partial charge in [-0.1, -0.05) is 78.0 Å². The van der Waals surface area contributed by atoms with Crippen molar-refractivity contribution in [3.63, 3.8) is 0 Å². The maximum Gasteiger partial charge on any atom is 0.425 e. The molecule has 0 aromatic heterocycles. The lowest BCUT2D eigenvalue weighted by atomic mass is 9.97. The first-order valence-corrected chi connectivity index (χ1v) is 10.5. The summed E-state index contributed by atoms with van der Waals surface area (Å²) in [6, 6.07) is 24.3. The van der Waals surface area contributed by atoms with E-state index in [1.165, 1.54) is 0 Å². The third kappa shape index (κ3) is 8.11. The number of hydrogen-bond donors (Lipinski definition) is 1. The fourth-order valence-corrected chi connectivity index (χ4v) is 3.32. The van der Waals surface area contributed by atoms with Gasteiger partial charge in [0.25, 0.3) is 0 Å². The number of alkyl halides is 3. The summed E-state index contributed by atoms with van der Waals surface area (Å²) in [5, 5.41) is 12.6. The molecule has 0 bridgehead atoms. The van der Waals surface area contributed by atoms with E-state index in [0.29, 0.717) is 23.3 Å². The normalized spacial score (nSPS) is 11.9. The third-order valence-electron chi connectivity index (χ3n) is 4.98. The minimum atomic E-state index is -4.46. The van der Waals surface area contributed by atoms with Crippen molar-refractivity contribution in [3.05, 3.63) is 107 Å². The number of benzene rings is 3. The van der Waals surface area contributed by atoms with Crippen LogP contribution in [0.15, 0.2) is 84.0 Å². The third-order valence-corrected chi connectivity index (χ3v) is 4.98. The standard InChI is InChI=1S/C26H24F3NO3/c27-26(28,29)18-33-30-25(22-6-2-1-3-7-22)23-8-4-5-21(17-23)14-13-19-9-11-20(12-10-19)15-16-24(31)32/h1-12,17H,13-16,18H2,(H,31,32)/b30-25-. The fourth-order valence-electron chi connectivity index (χ4n) is 3.32. The Morgan fingerprint density at radius 1 is 0.788 bits per heavy atom. The Labute approximate surface area is 190 Å². The molecule has 0 amide bonds. The SMILES string of the molecule is O=C(O)CCc1ccc(CCc2cccc(/C(=N\OCC(F)(F)F)c3ccccc3)c2)cc1. The van der Waals surface area contributed by atoms with E-state index >= 15 is 0 Å². The number of hydrogen-bond acceptors (Lipinski definition) is 3. The van der Waals surface area contributed by atoms with Crippen molar-refractivity contribution in [2.75, 3.05) is 6.61 Å². The molecule has 0 atom stereocenters. The zero-order valence-electron chi connectivity index (χ0n) is 17.9. The van der Waals surface area contributed by atoms with E-state index < -0.39 is 18.8 Å². The maximum absolute atomic E-state index is 12.5. The predicted molar refractivity (Wildman–Crippen MR) is 120 cm³/mol. The van der Waals surface area contributed by atoms with Crippen LogP contribution in [-0.2, 0) is 28.9 Å². The summed E-state index contributed by atoms with van der Waals surface area (Å²) in [6.45, 7) is -1.45. The maximum atomic E-state index is 12.5. The van der Waals surface area contributed by atoms with E-state index in [9.17, 15) is 18.0 Å². The van der Waals surface area contributed by atoms with Crippen molar-refractivity contribution in [3.8, 4) is 0 Å². The van der Waals surface area contributed by atoms with Gasteiger partial charge in [0, 0.05) is 17.5 Å². The minimum Gasteiger partial charge on any atom is -0.481 e. The first-order chi connectivity index (χ1) is 15.8. The minimum absolute atomic E-state index is 0.101. The molecule has 3 rings (SSSR count). The Kier molecular flexibility index (Phi) is 8.24. The number of carboxylic acids is 1. The predicted octanol–water partition coefficient (Wildman–Crippen LogP) is 5.82. The van der Waals surface area contributed by atoms with Gasteiger partial charge >= 0.3 is 12.1 Å². The summed E-state index contributed by atoms with van der Waals surface area (Å²) in [7, 11) is 0. The van der Waals surface area contributed by atoms with Crippen LogP contribution in [0.3, 0.4) is 0 Å². The average Bonchev–Trinajstić information content (AvgIpc) is 2.80. The molecule has 4 nitrogen and oxygen atoms in total. The van der Waals surface area contributed by atoms with Crippen molar-refractivity contribution in [2.45, 2.75) is 31.9 Å². The van der Waals surface area contributed by atoms with Crippen LogP contribution in [0.5, 0.6) is 0 Å². The topological polar surface area (TPSA) is 58.9 Å². The van der Waals surface area contributed by atoms with E-state index in [1.807, 2.05) is 48.5 Å². The molecule has 0 aliphatic rings. The Morgan fingerprint density at radius 2 is 1.39 bits per heavy atom. The van der Waals surface area contributed by atoms with Crippen LogP contribution >= 0.6 is 0 Å². The highest BCUT2D eigenvalue weighted by atomic mass is 19.4. The molecule has 0 radical (unpaired) electrons. The fraction of sp³-hybridized carbons (Fsp3) is 0.231. The number of halogens is 3. The van der Waals surface area contributed by atoms with Gasteiger partial charge in [0.2, 0.25) is 6.61 Å². The van der Waals surface area contributed by atoms with Crippen molar-refractivity contribution in [1.82, 2.24) is 0 Å². The second-order valence-electron chi connectivity index (χ2n) is 7.61. The lowest BCUT2D eigenvalue weighted by molar-refractivity contribution is -0.173. The largest absolute Gasteiger partial charge is 0.481 e. The first-order valence-electron chi connectivity index (χ1n) is 10.5. The first kappa shape index (κ1) is 24.0. The smallest absolute Gasteiger partial charge is 0.425 e. The summed E-state index contributed by atoms with van der Waals surface area (Å²) in [5.41, 5.74) is 4.78. The molecular weight excluding hydrogens is 431 g/mol. The number of aryl methyl sites for hydroxylation is 3. The Balaban J connectivity index is 1.72. The number of aliphatic carboxylic acids is 1. The van der Waals surface area contributed by atoms with Crippen LogP contribution in [0, 0.1) is 0 Å². The lowest BCUT2D eigenvalue weighted by Gasteiger charge is -2.11. The molecule has 33 heavy (non-hydrogen) atoms. The van der Waals surface area contributed by atoms with Gasteiger partial charge in [-0.25, -0.2) is 0 Å². The highest BCUT2D eigenvalue weighted by molar-refractivity contribution is 6.12. The summed E-state index contributed by atoms with van der Waals surface area (Å²) >= 11 is 0. The molecule has 7 heteroatoms. The molecule has 0 aliphatic carbocycles. The number of oxime groups is 1. The van der Waals surface area contributed by atoms with E-state index in [-0.39, 0.29) is 6.42 Å². The van der Waals surface area contributed by atoms with E-state index in [1.54, 1.807) is 30.3 Å². The molecule has 3 aromatic rings. The van der Waals surface area contributed by atoms with Crippen LogP contribution < -0.4 is 0 Å². The van der Waals surface area contributed by atoms with E-state index in [0.717, 1.165) is 29.5 Å². The van der Waals surface area contributed by atoms with Gasteiger partial charge in [-0.15, -0.1) is 0 Å². The van der Waals surface area contributed by atoms with Gasteiger partial charge in [0.05, 0.1) is 0 Å². The van der Waals surface area contributed by atoms with Crippen molar-refractivity contribution in [2.24, 2.45) is 5.16 Å². The van der Waals surface area contributed by atoms with Crippen LogP contribution in [0.1, 0.15) is 34.2 Å². The zero-order chi connectivity index (χ0) is 23.7. The Hall–Kier alpha value is -3.61. The Morgan fingerprint density at radius 3 is 2.03 bits per heavy atom. The molecule has 1 N–H and O–H groups in total. The molecule has 0 fully saturated rings. The van der Waals surface area contributed by atoms with Gasteiger partial charge in [-0.05, 0) is 42.0 Å². The zero-order valence-corrected chi connectivity index (χ0v) is 17.9. The monoisotopic (exact) mass is 455 g/mol. The van der Waals surface area contributed by atoms with Crippen LogP contribution in [0.4, 0.5) is 13.2 Å². The highest BCUT2D eigenvalue weighted by Gasteiger charge is 2.28. The second-order valence-corrected chi connectivity index (χ2v) is 7.61. The van der Waals surface area contributed by atoms with Gasteiger partial charge in [-0.3, -0.25) is 4.79 Å². The molecule has 0 saturated carbocycles. The number of carbonyl (C=O) groups is 1. The van der Waals surface area contributed by atoms with Crippen molar-refractivity contribution in [1.29, 1.82) is 0 Å². The summed E-state index contributed by atoms with van der Waals surface area (Å²) < 4.78 is 37.6. The second kappa shape index (κ2) is 11.3. The van der Waals surface area contributed by atoms with Crippen molar-refractivity contribution < 1.29 is 27.9 Å². The number of carboxylic acid groups (broad SMARTS) is 1. The van der Waals surface area contributed by atoms with E-state index in [2.05, 4.69) is 9.99 Å².